The lowest BCUT2D eigenvalue weighted by atomic mass is 9.79. The monoisotopic (exact) mass is 603 g/mol. The van der Waals surface area contributed by atoms with Crippen molar-refractivity contribution in [3.05, 3.63) is 83.6 Å². The summed E-state index contributed by atoms with van der Waals surface area (Å²) in [6, 6.07) is 18.7. The zero-order valence-electron chi connectivity index (χ0n) is 24.4. The second kappa shape index (κ2) is 12.0. The second-order valence-corrected chi connectivity index (χ2v) is 12.3. The molecule has 5 N–H and O–H groups in total. The molecule has 6 rings (SSSR count). The van der Waals surface area contributed by atoms with Gasteiger partial charge < -0.3 is 30.6 Å². The second-order valence-electron chi connectivity index (χ2n) is 12.3. The number of aromatic amines is 1. The van der Waals surface area contributed by atoms with Crippen molar-refractivity contribution in [2.75, 3.05) is 18.5 Å². The molecule has 3 aromatic carbocycles. The van der Waals surface area contributed by atoms with Crippen LogP contribution >= 0.6 is 12.4 Å². The molecule has 1 amide bonds. The van der Waals surface area contributed by atoms with Crippen molar-refractivity contribution in [3.63, 3.8) is 0 Å². The summed E-state index contributed by atoms with van der Waals surface area (Å²) < 4.78 is 6.13. The molecular weight excluding hydrogens is 566 g/mol. The van der Waals surface area contributed by atoms with E-state index in [1.165, 1.54) is 0 Å². The zero-order chi connectivity index (χ0) is 29.5. The predicted molar refractivity (Wildman–Crippen MR) is 170 cm³/mol. The summed E-state index contributed by atoms with van der Waals surface area (Å²) in [7, 11) is 0. The number of fused-ring (bicyclic) bond motifs is 3. The summed E-state index contributed by atoms with van der Waals surface area (Å²) in [5.41, 5.74) is 5.07. The molecule has 0 unspecified atom stereocenters. The van der Waals surface area contributed by atoms with Crippen LogP contribution in [0.5, 0.6) is 5.75 Å². The van der Waals surface area contributed by atoms with E-state index in [1.807, 2.05) is 42.6 Å². The Hall–Kier alpha value is -3.85. The summed E-state index contributed by atoms with van der Waals surface area (Å²) >= 11 is 0. The van der Waals surface area contributed by atoms with Gasteiger partial charge in [0.15, 0.2) is 0 Å². The van der Waals surface area contributed by atoms with Crippen molar-refractivity contribution in [1.29, 1.82) is 0 Å². The number of H-pyrrole nitrogens is 1. The van der Waals surface area contributed by atoms with Crippen LogP contribution < -0.4 is 15.4 Å². The molecular formula is C34H38ClN3O5. The molecule has 1 spiro atoms. The number of ether oxygens (including phenoxy) is 1. The smallest absolute Gasteiger partial charge is 0.335 e. The van der Waals surface area contributed by atoms with Gasteiger partial charge in [-0.1, -0.05) is 49.2 Å². The summed E-state index contributed by atoms with van der Waals surface area (Å²) in [4.78, 5) is 27.7. The van der Waals surface area contributed by atoms with Gasteiger partial charge in [-0.25, -0.2) is 4.79 Å². The van der Waals surface area contributed by atoms with Gasteiger partial charge in [0.1, 0.15) is 18.5 Å². The topological polar surface area (TPSA) is 124 Å². The Labute approximate surface area is 257 Å². The first-order valence-electron chi connectivity index (χ1n) is 14.6. The lowest BCUT2D eigenvalue weighted by Gasteiger charge is -2.28. The van der Waals surface area contributed by atoms with Crippen molar-refractivity contribution in [2.24, 2.45) is 0 Å². The minimum atomic E-state index is -0.950. The molecule has 4 aromatic rings. The molecule has 226 valence electrons. The molecule has 8 nitrogen and oxygen atoms in total. The van der Waals surface area contributed by atoms with Gasteiger partial charge in [0.2, 0.25) is 5.91 Å². The molecule has 0 bridgehead atoms. The number of β-amino-alcohol motifs (C(OH)–C–C–N with tert-alkyl or cyclic N) is 1. The number of halogens is 1. The Kier molecular flexibility index (Phi) is 8.56. The van der Waals surface area contributed by atoms with Gasteiger partial charge in [-0.2, -0.15) is 0 Å². The van der Waals surface area contributed by atoms with Crippen molar-refractivity contribution in [2.45, 2.75) is 63.0 Å². The largest absolute Gasteiger partial charge is 0.490 e. The van der Waals surface area contributed by atoms with Crippen LogP contribution in [0.25, 0.3) is 22.0 Å². The molecule has 1 aliphatic heterocycles. The van der Waals surface area contributed by atoms with Crippen molar-refractivity contribution < 1.29 is 24.5 Å². The molecule has 43 heavy (non-hydrogen) atoms. The van der Waals surface area contributed by atoms with E-state index >= 15 is 0 Å². The minimum absolute atomic E-state index is 0. The maximum atomic E-state index is 12.8. The van der Waals surface area contributed by atoms with Gasteiger partial charge in [0, 0.05) is 40.5 Å². The van der Waals surface area contributed by atoms with Gasteiger partial charge in [-0.05, 0) is 68.5 Å². The number of carboxylic acids is 1. The number of aromatic carboxylic acids is 1. The first-order chi connectivity index (χ1) is 20.2. The summed E-state index contributed by atoms with van der Waals surface area (Å²) in [5.74, 6) is -0.211. The number of amides is 1. The SMILES string of the molecule is CC(C)(Cc1c[nH]c2c(-c3cccc(C(=O)O)c3)cccc12)NC[C@H](O)COc1cccc2c1C1(CCCC1)C(=O)N2.Cl. The Balaban J connectivity index is 0.00000368. The maximum Gasteiger partial charge on any atom is 0.335 e. The van der Waals surface area contributed by atoms with Gasteiger partial charge in [0.05, 0.1) is 16.5 Å². The Morgan fingerprint density at radius 3 is 2.60 bits per heavy atom. The highest BCUT2D eigenvalue weighted by atomic mass is 35.5. The van der Waals surface area contributed by atoms with E-state index in [1.54, 1.807) is 18.2 Å². The number of carboxylic acid groups (broad SMARTS) is 1. The van der Waals surface area contributed by atoms with E-state index in [0.717, 1.165) is 64.5 Å². The minimum Gasteiger partial charge on any atom is -0.490 e. The van der Waals surface area contributed by atoms with E-state index in [0.29, 0.717) is 18.7 Å². The Morgan fingerprint density at radius 2 is 1.84 bits per heavy atom. The lowest BCUT2D eigenvalue weighted by Crippen LogP contribution is -2.46. The van der Waals surface area contributed by atoms with Gasteiger partial charge in [-0.15, -0.1) is 12.4 Å². The van der Waals surface area contributed by atoms with Crippen molar-refractivity contribution >= 4 is 40.9 Å². The predicted octanol–water partition coefficient (Wildman–Crippen LogP) is 6.07. The summed E-state index contributed by atoms with van der Waals surface area (Å²) in [6.45, 7) is 4.67. The van der Waals surface area contributed by atoms with E-state index < -0.39 is 17.5 Å². The quantitative estimate of drug-likeness (QED) is 0.150. The van der Waals surface area contributed by atoms with Crippen LogP contribution in [0.4, 0.5) is 5.69 Å². The Morgan fingerprint density at radius 1 is 1.09 bits per heavy atom. The van der Waals surface area contributed by atoms with Crippen molar-refractivity contribution in [1.82, 2.24) is 10.3 Å². The van der Waals surface area contributed by atoms with Gasteiger partial charge in [0.25, 0.3) is 0 Å². The number of aromatic nitrogens is 1. The normalized spacial score (nSPS) is 16.1. The molecule has 1 saturated carbocycles. The number of carbonyl (C=O) groups is 2. The number of anilines is 1. The molecule has 0 radical (unpaired) electrons. The number of benzene rings is 3. The third-order valence-electron chi connectivity index (χ3n) is 8.75. The Bertz CT molecular complexity index is 1660. The van der Waals surface area contributed by atoms with E-state index in [2.05, 4.69) is 35.5 Å². The molecule has 2 heterocycles. The van der Waals surface area contributed by atoms with Crippen LogP contribution in [0.1, 0.15) is 61.0 Å². The number of rotatable bonds is 10. The molecule has 1 atom stereocenters. The van der Waals surface area contributed by atoms with Crippen LogP contribution in [0.3, 0.4) is 0 Å². The summed E-state index contributed by atoms with van der Waals surface area (Å²) in [5, 5.41) is 27.9. The van der Waals surface area contributed by atoms with Crippen LogP contribution in [-0.4, -0.2) is 51.9 Å². The molecule has 9 heteroatoms. The molecule has 1 fully saturated rings. The number of nitrogens with one attached hydrogen (secondary N) is 3. The molecule has 1 aliphatic carbocycles. The number of hydrogen-bond donors (Lipinski definition) is 5. The average molecular weight is 604 g/mol. The lowest BCUT2D eigenvalue weighted by molar-refractivity contribution is -0.120. The molecule has 2 aliphatic rings. The highest BCUT2D eigenvalue weighted by Crippen LogP contribution is 2.52. The third kappa shape index (κ3) is 5.87. The molecule has 1 aromatic heterocycles. The van der Waals surface area contributed by atoms with E-state index in [4.69, 9.17) is 4.74 Å². The average Bonchev–Trinajstić information content (AvgIpc) is 3.70. The van der Waals surface area contributed by atoms with Crippen LogP contribution in [0, 0.1) is 0 Å². The highest BCUT2D eigenvalue weighted by Gasteiger charge is 2.50. The number of aliphatic hydroxyl groups is 1. The summed E-state index contributed by atoms with van der Waals surface area (Å²) in [6.07, 6.45) is 5.69. The first-order valence-corrected chi connectivity index (χ1v) is 14.6. The van der Waals surface area contributed by atoms with Gasteiger partial charge >= 0.3 is 5.97 Å². The number of carbonyl (C=O) groups excluding carboxylic acids is 1. The van der Waals surface area contributed by atoms with Crippen molar-refractivity contribution in [3.8, 4) is 16.9 Å². The zero-order valence-corrected chi connectivity index (χ0v) is 25.2. The fourth-order valence-electron chi connectivity index (χ4n) is 6.66. The van der Waals surface area contributed by atoms with Crippen LogP contribution in [0.15, 0.2) is 66.9 Å². The first kappa shape index (κ1) is 30.6. The van der Waals surface area contributed by atoms with Crippen LogP contribution in [-0.2, 0) is 16.6 Å². The number of hydrogen-bond acceptors (Lipinski definition) is 5. The fourth-order valence-corrected chi connectivity index (χ4v) is 6.66. The van der Waals surface area contributed by atoms with E-state index in [9.17, 15) is 19.8 Å². The van der Waals surface area contributed by atoms with E-state index in [-0.39, 0.29) is 36.0 Å². The third-order valence-corrected chi connectivity index (χ3v) is 8.75. The van der Waals surface area contributed by atoms with Gasteiger partial charge in [-0.3, -0.25) is 4.79 Å². The number of para-hydroxylation sites is 1. The number of aliphatic hydroxyl groups excluding tert-OH is 1. The maximum absolute atomic E-state index is 12.8. The molecule has 0 saturated heterocycles. The fraction of sp³-hybridized carbons (Fsp3) is 0.353. The standard InChI is InChI=1S/C34H37N3O5.ClH/c1-33(2,17-23-18-35-30-25(10-6-11-26(23)30)21-8-5-9-22(16-21)31(39)40)36-19-24(38)20-42-28-13-7-12-27-29(28)34(32(41)37-27)14-3-4-15-34;/h5-13,16,18,24,35-36,38H,3-4,14-15,17,19-20H2,1-2H3,(H,37,41)(H,39,40);1H/t24-;/m0./s1. The van der Waals surface area contributed by atoms with Crippen LogP contribution in [0.2, 0.25) is 0 Å². The highest BCUT2D eigenvalue weighted by molar-refractivity contribution is 6.07.